The minimum Gasteiger partial charge on any atom is -0.507 e. The van der Waals surface area contributed by atoms with Crippen LogP contribution in [0.4, 0.5) is 5.69 Å². The van der Waals surface area contributed by atoms with Gasteiger partial charge in [-0.25, -0.2) is 0 Å². The van der Waals surface area contributed by atoms with Crippen LogP contribution in [0.5, 0.6) is 5.75 Å². The lowest BCUT2D eigenvalue weighted by atomic mass is 9.98. The van der Waals surface area contributed by atoms with Crippen LogP contribution in [0.25, 0.3) is 0 Å². The average Bonchev–Trinajstić information content (AvgIpc) is 2.62. The molecule has 0 radical (unpaired) electrons. The van der Waals surface area contributed by atoms with E-state index in [9.17, 15) is 15.2 Å². The van der Waals surface area contributed by atoms with Crippen molar-refractivity contribution in [3.05, 3.63) is 32.9 Å². The number of aromatic hydroxyl groups is 1. The van der Waals surface area contributed by atoms with E-state index in [1.54, 1.807) is 13.0 Å². The molecule has 138 valence electrons. The molecule has 6 nitrogen and oxygen atoms in total. The van der Waals surface area contributed by atoms with Crippen molar-refractivity contribution in [2.24, 2.45) is 0 Å². The van der Waals surface area contributed by atoms with E-state index in [0.717, 1.165) is 57.4 Å². The van der Waals surface area contributed by atoms with Gasteiger partial charge in [-0.15, -0.1) is 0 Å². The van der Waals surface area contributed by atoms with Crippen LogP contribution < -0.4 is 0 Å². The number of nitro groups is 1. The first kappa shape index (κ1) is 18.1. The van der Waals surface area contributed by atoms with Gasteiger partial charge < -0.3 is 5.11 Å². The van der Waals surface area contributed by atoms with Gasteiger partial charge >= 0.3 is 0 Å². The summed E-state index contributed by atoms with van der Waals surface area (Å²) in [4.78, 5) is 15.8. The van der Waals surface area contributed by atoms with Crippen molar-refractivity contribution in [3.8, 4) is 5.75 Å². The number of piperidine rings is 2. The predicted octanol–water partition coefficient (Wildman–Crippen LogP) is 3.58. The van der Waals surface area contributed by atoms with Crippen LogP contribution in [0, 0.1) is 17.0 Å². The quantitative estimate of drug-likeness (QED) is 0.651. The summed E-state index contributed by atoms with van der Waals surface area (Å²) in [5.74, 6) is 0.263. The largest absolute Gasteiger partial charge is 0.507 e. The summed E-state index contributed by atoms with van der Waals surface area (Å²) < 4.78 is 0. The van der Waals surface area contributed by atoms with E-state index in [4.69, 9.17) is 0 Å². The minimum atomic E-state index is -0.311. The van der Waals surface area contributed by atoms with E-state index in [0.29, 0.717) is 24.2 Å². The van der Waals surface area contributed by atoms with Crippen LogP contribution in [0.3, 0.4) is 0 Å². The van der Waals surface area contributed by atoms with Crippen molar-refractivity contribution in [3.63, 3.8) is 0 Å². The third-order valence-corrected chi connectivity index (χ3v) is 5.61. The average molecular weight is 347 g/mol. The maximum absolute atomic E-state index is 11.5. The van der Waals surface area contributed by atoms with Crippen LogP contribution >= 0.6 is 0 Å². The summed E-state index contributed by atoms with van der Waals surface area (Å²) in [5, 5.41) is 22.4. The maximum Gasteiger partial charge on any atom is 0.273 e. The second-order valence-electron chi connectivity index (χ2n) is 7.44. The van der Waals surface area contributed by atoms with Gasteiger partial charge in [0.1, 0.15) is 5.75 Å². The van der Waals surface area contributed by atoms with Crippen LogP contribution in [0.15, 0.2) is 6.07 Å². The standard InChI is InChI=1S/C19H29N3O3/c1-15-17(14-21-10-6-3-7-11-21)19(23)16(12-18(15)22(24)25)13-20-8-4-2-5-9-20/h12,23H,2-11,13-14H2,1H3. The topological polar surface area (TPSA) is 69.8 Å². The Morgan fingerprint density at radius 3 is 2.04 bits per heavy atom. The second kappa shape index (κ2) is 8.15. The van der Waals surface area contributed by atoms with Gasteiger partial charge in [0.15, 0.2) is 0 Å². The van der Waals surface area contributed by atoms with Crippen LogP contribution in [0.1, 0.15) is 55.2 Å². The smallest absolute Gasteiger partial charge is 0.273 e. The van der Waals surface area contributed by atoms with Gasteiger partial charge in [0.25, 0.3) is 5.69 Å². The lowest BCUT2D eigenvalue weighted by Gasteiger charge is -2.29. The number of nitrogens with zero attached hydrogens (tertiary/aromatic N) is 3. The molecule has 2 aliphatic heterocycles. The monoisotopic (exact) mass is 347 g/mol. The number of likely N-dealkylation sites (tertiary alicyclic amines) is 2. The highest BCUT2D eigenvalue weighted by Crippen LogP contribution is 2.35. The van der Waals surface area contributed by atoms with Crippen molar-refractivity contribution in [2.75, 3.05) is 26.2 Å². The fourth-order valence-electron chi connectivity index (χ4n) is 4.07. The number of phenolic OH excluding ortho intramolecular Hbond substituents is 1. The van der Waals surface area contributed by atoms with Gasteiger partial charge in [0.05, 0.1) is 4.92 Å². The Hall–Kier alpha value is -1.66. The highest BCUT2D eigenvalue weighted by molar-refractivity contribution is 5.56. The molecule has 25 heavy (non-hydrogen) atoms. The summed E-state index contributed by atoms with van der Waals surface area (Å²) in [6.45, 7) is 6.98. The van der Waals surface area contributed by atoms with Crippen LogP contribution in [-0.2, 0) is 13.1 Å². The third kappa shape index (κ3) is 4.30. The van der Waals surface area contributed by atoms with Crippen molar-refractivity contribution in [1.29, 1.82) is 0 Å². The van der Waals surface area contributed by atoms with Gasteiger partial charge in [-0.1, -0.05) is 12.8 Å². The maximum atomic E-state index is 11.5. The van der Waals surface area contributed by atoms with Gasteiger partial charge in [0, 0.05) is 35.8 Å². The molecule has 0 saturated carbocycles. The van der Waals surface area contributed by atoms with E-state index >= 15 is 0 Å². The fraction of sp³-hybridized carbons (Fsp3) is 0.684. The molecule has 6 heteroatoms. The molecule has 0 aromatic heterocycles. The van der Waals surface area contributed by atoms with E-state index in [1.165, 1.54) is 12.8 Å². The number of benzene rings is 1. The number of hydrogen-bond donors (Lipinski definition) is 1. The first-order chi connectivity index (χ1) is 12.1. The second-order valence-corrected chi connectivity index (χ2v) is 7.44. The van der Waals surface area contributed by atoms with Crippen molar-refractivity contribution < 1.29 is 10.0 Å². The van der Waals surface area contributed by atoms with Gasteiger partial charge in [-0.2, -0.15) is 0 Å². The third-order valence-electron chi connectivity index (χ3n) is 5.61. The van der Waals surface area contributed by atoms with Gasteiger partial charge in [0.2, 0.25) is 0 Å². The number of nitro benzene ring substituents is 1. The first-order valence-electron chi connectivity index (χ1n) is 9.49. The Morgan fingerprint density at radius 1 is 1.00 bits per heavy atom. The Bertz CT molecular complexity index is 621. The molecule has 2 heterocycles. The van der Waals surface area contributed by atoms with Gasteiger partial charge in [-0.05, 0) is 58.8 Å². The molecule has 3 rings (SSSR count). The van der Waals surface area contributed by atoms with Crippen LogP contribution in [0.2, 0.25) is 0 Å². The molecule has 1 aromatic carbocycles. The fourth-order valence-corrected chi connectivity index (χ4v) is 4.07. The predicted molar refractivity (Wildman–Crippen MR) is 97.8 cm³/mol. The molecule has 0 unspecified atom stereocenters. The Labute approximate surface area is 149 Å². The SMILES string of the molecule is Cc1c([N+](=O)[O-])cc(CN2CCCCC2)c(O)c1CN1CCCCC1. The number of phenols is 1. The van der Waals surface area contributed by atoms with E-state index in [1.807, 2.05) is 0 Å². The van der Waals surface area contributed by atoms with Crippen molar-refractivity contribution in [2.45, 2.75) is 58.5 Å². The van der Waals surface area contributed by atoms with E-state index in [-0.39, 0.29) is 16.4 Å². The summed E-state index contributed by atoms with van der Waals surface area (Å²) in [6, 6.07) is 1.58. The highest BCUT2D eigenvalue weighted by Gasteiger charge is 2.25. The van der Waals surface area contributed by atoms with Gasteiger partial charge in [-0.3, -0.25) is 19.9 Å². The zero-order valence-electron chi connectivity index (χ0n) is 15.2. The molecule has 1 aromatic rings. The van der Waals surface area contributed by atoms with E-state index < -0.39 is 0 Å². The lowest BCUT2D eigenvalue weighted by molar-refractivity contribution is -0.385. The van der Waals surface area contributed by atoms with Crippen molar-refractivity contribution in [1.82, 2.24) is 9.80 Å². The number of rotatable bonds is 5. The van der Waals surface area contributed by atoms with E-state index in [2.05, 4.69) is 9.80 Å². The molecule has 0 bridgehead atoms. The molecular formula is C19H29N3O3. The minimum absolute atomic E-state index is 0.136. The normalized spacial score (nSPS) is 19.9. The molecule has 0 amide bonds. The molecule has 0 atom stereocenters. The Morgan fingerprint density at radius 2 is 1.52 bits per heavy atom. The molecule has 2 fully saturated rings. The summed E-state index contributed by atoms with van der Waals surface area (Å²) in [7, 11) is 0. The lowest BCUT2D eigenvalue weighted by Crippen LogP contribution is -2.30. The Kier molecular flexibility index (Phi) is 5.91. The molecule has 2 aliphatic rings. The van der Waals surface area contributed by atoms with Crippen LogP contribution in [-0.4, -0.2) is 46.0 Å². The zero-order chi connectivity index (χ0) is 17.8. The van der Waals surface area contributed by atoms with Crippen molar-refractivity contribution >= 4 is 5.69 Å². The first-order valence-corrected chi connectivity index (χ1v) is 9.49. The molecular weight excluding hydrogens is 318 g/mol. The Balaban J connectivity index is 1.89. The molecule has 0 spiro atoms. The molecule has 1 N–H and O–H groups in total. The summed E-state index contributed by atoms with van der Waals surface area (Å²) >= 11 is 0. The number of hydrogen-bond acceptors (Lipinski definition) is 5. The highest BCUT2D eigenvalue weighted by atomic mass is 16.6. The molecule has 0 aliphatic carbocycles. The summed E-state index contributed by atoms with van der Waals surface area (Å²) in [5.41, 5.74) is 2.18. The summed E-state index contributed by atoms with van der Waals surface area (Å²) in [6.07, 6.45) is 7.14. The zero-order valence-corrected chi connectivity index (χ0v) is 15.2. The molecule has 2 saturated heterocycles.